The largest absolute Gasteiger partial charge is 0.478 e. The van der Waals surface area contributed by atoms with Gasteiger partial charge in [-0.1, -0.05) is 30.3 Å². The van der Waals surface area contributed by atoms with Crippen molar-refractivity contribution in [1.82, 2.24) is 4.98 Å². The fourth-order valence-corrected chi connectivity index (χ4v) is 2.74. The van der Waals surface area contributed by atoms with Gasteiger partial charge in [-0.25, -0.2) is 18.2 Å². The lowest BCUT2D eigenvalue weighted by Gasteiger charge is -2.07. The quantitative estimate of drug-likeness (QED) is 0.874. The Hall–Kier alpha value is -2.41. The summed E-state index contributed by atoms with van der Waals surface area (Å²) >= 11 is 0. The van der Waals surface area contributed by atoms with Crippen LogP contribution in [0.3, 0.4) is 0 Å². The summed E-state index contributed by atoms with van der Waals surface area (Å²) in [7, 11) is -3.64. The molecule has 104 valence electrons. The van der Waals surface area contributed by atoms with Crippen LogP contribution >= 0.6 is 0 Å². The van der Waals surface area contributed by atoms with Gasteiger partial charge in [0.25, 0.3) is 0 Å². The SMILES string of the molecule is O=C(O)c1ccnc(NS(=O)(=O)Cc2ccccc2)c1. The molecule has 1 heterocycles. The number of sulfonamides is 1. The molecule has 1 aromatic carbocycles. The number of carbonyl (C=O) groups is 1. The molecule has 0 amide bonds. The van der Waals surface area contributed by atoms with E-state index < -0.39 is 16.0 Å². The van der Waals surface area contributed by atoms with E-state index >= 15 is 0 Å². The first-order chi connectivity index (χ1) is 9.46. The van der Waals surface area contributed by atoms with Gasteiger partial charge in [0.15, 0.2) is 0 Å². The summed E-state index contributed by atoms with van der Waals surface area (Å²) in [6.45, 7) is 0. The molecule has 0 radical (unpaired) electrons. The Labute approximate surface area is 116 Å². The number of carboxylic acids is 1. The highest BCUT2D eigenvalue weighted by Gasteiger charge is 2.13. The topological polar surface area (TPSA) is 96.4 Å². The van der Waals surface area contributed by atoms with Crippen LogP contribution in [0.4, 0.5) is 5.82 Å². The van der Waals surface area contributed by atoms with Crippen LogP contribution in [0.2, 0.25) is 0 Å². The van der Waals surface area contributed by atoms with Gasteiger partial charge in [-0.15, -0.1) is 0 Å². The zero-order chi connectivity index (χ0) is 14.6. The normalized spacial score (nSPS) is 11.0. The van der Waals surface area contributed by atoms with Crippen molar-refractivity contribution < 1.29 is 18.3 Å². The van der Waals surface area contributed by atoms with Crippen molar-refractivity contribution in [3.8, 4) is 0 Å². The third kappa shape index (κ3) is 3.79. The Morgan fingerprint density at radius 2 is 1.90 bits per heavy atom. The maximum atomic E-state index is 12.0. The fourth-order valence-electron chi connectivity index (χ4n) is 1.61. The van der Waals surface area contributed by atoms with Gasteiger partial charge in [-0.3, -0.25) is 4.72 Å². The van der Waals surface area contributed by atoms with Gasteiger partial charge in [0.2, 0.25) is 10.0 Å². The predicted molar refractivity (Wildman–Crippen MR) is 73.9 cm³/mol. The molecule has 0 saturated heterocycles. The Morgan fingerprint density at radius 1 is 1.20 bits per heavy atom. The lowest BCUT2D eigenvalue weighted by atomic mass is 10.2. The molecule has 0 fully saturated rings. The number of aromatic carboxylic acids is 1. The summed E-state index contributed by atoms with van der Waals surface area (Å²) in [5, 5.41) is 8.84. The van der Waals surface area contributed by atoms with Crippen LogP contribution in [0, 0.1) is 0 Å². The van der Waals surface area contributed by atoms with E-state index in [0.717, 1.165) is 0 Å². The third-order valence-corrected chi connectivity index (χ3v) is 3.70. The number of hydrogen-bond acceptors (Lipinski definition) is 4. The molecule has 0 unspecified atom stereocenters. The Kier molecular flexibility index (Phi) is 3.99. The average Bonchev–Trinajstić information content (AvgIpc) is 2.39. The molecule has 0 bridgehead atoms. The first kappa shape index (κ1) is 14.0. The first-order valence-electron chi connectivity index (χ1n) is 5.70. The van der Waals surface area contributed by atoms with E-state index in [1.165, 1.54) is 18.3 Å². The Balaban J connectivity index is 2.16. The standard InChI is InChI=1S/C13H12N2O4S/c16-13(17)11-6-7-14-12(8-11)15-20(18,19)9-10-4-2-1-3-5-10/h1-8H,9H2,(H,14,15)(H,16,17). The van der Waals surface area contributed by atoms with Gasteiger partial charge in [0.1, 0.15) is 5.82 Å². The first-order valence-corrected chi connectivity index (χ1v) is 7.35. The molecule has 0 saturated carbocycles. The minimum atomic E-state index is -3.64. The second-order valence-corrected chi connectivity index (χ2v) is 5.80. The van der Waals surface area contributed by atoms with E-state index in [1.807, 2.05) is 0 Å². The van der Waals surface area contributed by atoms with Crippen LogP contribution in [-0.2, 0) is 15.8 Å². The lowest BCUT2D eigenvalue weighted by Crippen LogP contribution is -2.16. The summed E-state index contributed by atoms with van der Waals surface area (Å²) in [6.07, 6.45) is 1.24. The van der Waals surface area contributed by atoms with Crippen molar-refractivity contribution >= 4 is 21.8 Å². The highest BCUT2D eigenvalue weighted by molar-refractivity contribution is 7.91. The van der Waals surface area contributed by atoms with Gasteiger partial charge < -0.3 is 5.11 Å². The molecule has 1 aromatic heterocycles. The van der Waals surface area contributed by atoms with E-state index in [4.69, 9.17) is 5.11 Å². The Bertz CT molecular complexity index is 714. The van der Waals surface area contributed by atoms with E-state index in [2.05, 4.69) is 9.71 Å². The minimum absolute atomic E-state index is 0.0131. The van der Waals surface area contributed by atoms with E-state index in [0.29, 0.717) is 5.56 Å². The highest BCUT2D eigenvalue weighted by Crippen LogP contribution is 2.12. The third-order valence-electron chi connectivity index (χ3n) is 2.47. The van der Waals surface area contributed by atoms with Crippen LogP contribution in [-0.4, -0.2) is 24.5 Å². The second kappa shape index (κ2) is 5.70. The number of aromatic nitrogens is 1. The van der Waals surface area contributed by atoms with Crippen LogP contribution < -0.4 is 4.72 Å². The molecule has 20 heavy (non-hydrogen) atoms. The monoisotopic (exact) mass is 292 g/mol. The zero-order valence-electron chi connectivity index (χ0n) is 10.4. The molecule has 2 N–H and O–H groups in total. The lowest BCUT2D eigenvalue weighted by molar-refractivity contribution is 0.0697. The number of nitrogens with one attached hydrogen (secondary N) is 1. The molecule has 0 spiro atoms. The van der Waals surface area contributed by atoms with Crippen LogP contribution in [0.25, 0.3) is 0 Å². The highest BCUT2D eigenvalue weighted by atomic mass is 32.2. The molecule has 0 atom stereocenters. The molecule has 7 heteroatoms. The minimum Gasteiger partial charge on any atom is -0.478 e. The van der Waals surface area contributed by atoms with Crippen LogP contribution in [0.1, 0.15) is 15.9 Å². The molecule has 2 rings (SSSR count). The van der Waals surface area contributed by atoms with Crippen molar-refractivity contribution in [2.24, 2.45) is 0 Å². The van der Waals surface area contributed by atoms with Gasteiger partial charge in [0, 0.05) is 6.20 Å². The average molecular weight is 292 g/mol. The van der Waals surface area contributed by atoms with Crippen molar-refractivity contribution in [2.45, 2.75) is 5.75 Å². The number of anilines is 1. The van der Waals surface area contributed by atoms with Crippen LogP contribution in [0.5, 0.6) is 0 Å². The van der Waals surface area contributed by atoms with Gasteiger partial charge >= 0.3 is 5.97 Å². The molecular formula is C13H12N2O4S. The summed E-state index contributed by atoms with van der Waals surface area (Å²) in [5.41, 5.74) is 0.604. The van der Waals surface area contributed by atoms with Gasteiger partial charge in [-0.2, -0.15) is 0 Å². The van der Waals surface area contributed by atoms with Gasteiger partial charge in [-0.05, 0) is 17.7 Å². The van der Waals surface area contributed by atoms with Crippen molar-refractivity contribution in [3.05, 3.63) is 59.8 Å². The number of pyridine rings is 1. The molecule has 6 nitrogen and oxygen atoms in total. The number of carboxylic acid groups (broad SMARTS) is 1. The second-order valence-electron chi connectivity index (χ2n) is 4.08. The maximum absolute atomic E-state index is 12.0. The summed E-state index contributed by atoms with van der Waals surface area (Å²) in [6, 6.07) is 11.1. The molecular weight excluding hydrogens is 280 g/mol. The van der Waals surface area contributed by atoms with E-state index in [1.54, 1.807) is 30.3 Å². The van der Waals surface area contributed by atoms with Gasteiger partial charge in [0.05, 0.1) is 11.3 Å². The summed E-state index contributed by atoms with van der Waals surface area (Å²) in [5.74, 6) is -1.36. The number of rotatable bonds is 5. The number of hydrogen-bond donors (Lipinski definition) is 2. The maximum Gasteiger partial charge on any atom is 0.335 e. The van der Waals surface area contributed by atoms with Crippen LogP contribution in [0.15, 0.2) is 48.7 Å². The number of nitrogens with zero attached hydrogens (tertiary/aromatic N) is 1. The van der Waals surface area contributed by atoms with Crippen molar-refractivity contribution in [1.29, 1.82) is 0 Å². The smallest absolute Gasteiger partial charge is 0.335 e. The summed E-state index contributed by atoms with van der Waals surface area (Å²) in [4.78, 5) is 14.6. The zero-order valence-corrected chi connectivity index (χ0v) is 11.2. The Morgan fingerprint density at radius 3 is 2.55 bits per heavy atom. The predicted octanol–water partition coefficient (Wildman–Crippen LogP) is 1.72. The summed E-state index contributed by atoms with van der Waals surface area (Å²) < 4.78 is 26.2. The van der Waals surface area contributed by atoms with E-state index in [-0.39, 0.29) is 17.1 Å². The van der Waals surface area contributed by atoms with Crippen molar-refractivity contribution in [2.75, 3.05) is 4.72 Å². The van der Waals surface area contributed by atoms with E-state index in [9.17, 15) is 13.2 Å². The molecule has 2 aromatic rings. The number of benzene rings is 1. The fraction of sp³-hybridized carbons (Fsp3) is 0.0769. The molecule has 0 aliphatic heterocycles. The molecule has 0 aliphatic rings. The molecule has 0 aliphatic carbocycles. The van der Waals surface area contributed by atoms with Crippen molar-refractivity contribution in [3.63, 3.8) is 0 Å².